The van der Waals surface area contributed by atoms with E-state index in [0.29, 0.717) is 36.3 Å². The van der Waals surface area contributed by atoms with E-state index in [0.717, 1.165) is 4.47 Å². The number of Topliss-reactive ketones (excluding diaryl/α,β-unsaturated/α-hetero) is 1. The normalized spacial score (nSPS) is 25.2. The van der Waals surface area contributed by atoms with Gasteiger partial charge >= 0.3 is 0 Å². The van der Waals surface area contributed by atoms with Crippen molar-refractivity contribution in [2.45, 2.75) is 24.7 Å². The highest BCUT2D eigenvalue weighted by Gasteiger charge is 2.59. The molecular weight excluding hydrogens is 374 g/mol. The van der Waals surface area contributed by atoms with E-state index < -0.39 is 11.3 Å². The minimum absolute atomic E-state index is 0.0323. The van der Waals surface area contributed by atoms with Crippen LogP contribution >= 0.6 is 15.9 Å². The number of nitrogens with one attached hydrogen (secondary N) is 1. The Hall–Kier alpha value is -2.59. The van der Waals surface area contributed by atoms with Crippen molar-refractivity contribution in [3.05, 3.63) is 51.0 Å². The average molecular weight is 386 g/mol. The summed E-state index contributed by atoms with van der Waals surface area (Å²) in [4.78, 5) is 25.7. The van der Waals surface area contributed by atoms with Crippen LogP contribution in [0.2, 0.25) is 0 Å². The van der Waals surface area contributed by atoms with Crippen LogP contribution in [0, 0.1) is 11.3 Å². The van der Waals surface area contributed by atoms with Crippen molar-refractivity contribution in [2.75, 3.05) is 5.32 Å². The highest BCUT2D eigenvalue weighted by molar-refractivity contribution is 9.10. The summed E-state index contributed by atoms with van der Waals surface area (Å²) in [5, 5.41) is 12.5. The van der Waals surface area contributed by atoms with Gasteiger partial charge in [-0.1, -0.05) is 22.0 Å². The lowest BCUT2D eigenvalue weighted by Crippen LogP contribution is -2.46. The number of fused-ring (bicyclic) bond motifs is 3. The highest BCUT2D eigenvalue weighted by atomic mass is 79.9. The van der Waals surface area contributed by atoms with Crippen molar-refractivity contribution in [3.63, 3.8) is 0 Å². The number of carbonyl (C=O) groups is 2. The van der Waals surface area contributed by atoms with Gasteiger partial charge < -0.3 is 15.8 Å². The zero-order valence-electron chi connectivity index (χ0n) is 12.5. The second-order valence-electron chi connectivity index (χ2n) is 5.92. The van der Waals surface area contributed by atoms with E-state index in [4.69, 9.17) is 10.5 Å². The van der Waals surface area contributed by atoms with Gasteiger partial charge in [-0.3, -0.25) is 9.59 Å². The van der Waals surface area contributed by atoms with Crippen LogP contribution < -0.4 is 11.1 Å². The van der Waals surface area contributed by atoms with Gasteiger partial charge in [0.15, 0.2) is 5.78 Å². The number of halogens is 1. The Bertz CT molecular complexity index is 925. The molecule has 1 spiro atoms. The first-order valence-corrected chi connectivity index (χ1v) is 8.26. The number of nitriles is 1. The molecule has 0 aromatic heterocycles. The van der Waals surface area contributed by atoms with Crippen molar-refractivity contribution in [3.8, 4) is 6.07 Å². The van der Waals surface area contributed by atoms with Crippen LogP contribution in [0.4, 0.5) is 5.69 Å². The zero-order chi connectivity index (χ0) is 17.1. The quantitative estimate of drug-likeness (QED) is 0.712. The smallest absolute Gasteiger partial charge is 0.245 e. The van der Waals surface area contributed by atoms with Crippen molar-refractivity contribution in [1.82, 2.24) is 0 Å². The Kier molecular flexibility index (Phi) is 3.09. The van der Waals surface area contributed by atoms with Crippen LogP contribution in [0.5, 0.6) is 0 Å². The third-order valence-corrected chi connectivity index (χ3v) is 5.17. The maximum absolute atomic E-state index is 13.0. The average Bonchev–Trinajstić information content (AvgIpc) is 2.80. The fraction of sp³-hybridized carbons (Fsp3) is 0.235. The van der Waals surface area contributed by atoms with Crippen LogP contribution in [0.3, 0.4) is 0 Å². The molecule has 2 aliphatic heterocycles. The first kappa shape index (κ1) is 15.0. The van der Waals surface area contributed by atoms with E-state index in [-0.39, 0.29) is 22.8 Å². The molecule has 0 saturated carbocycles. The number of ketones is 1. The molecule has 0 fully saturated rings. The second kappa shape index (κ2) is 4.95. The second-order valence-corrected chi connectivity index (χ2v) is 6.84. The van der Waals surface area contributed by atoms with Crippen LogP contribution in [0.1, 0.15) is 24.8 Å². The minimum atomic E-state index is -1.51. The highest BCUT2D eigenvalue weighted by Crippen LogP contribution is 2.54. The standard InChI is InChI=1S/C17H12BrN3O3/c18-8-4-5-9-11(6-8)21-16(23)17(9)10(7-19)15(20)24-13-3-1-2-12(22)14(13)17/h4-6H,1-3,20H2,(H,21,23). The van der Waals surface area contributed by atoms with Gasteiger partial charge in [0.1, 0.15) is 22.8 Å². The molecular formula is C17H12BrN3O3. The van der Waals surface area contributed by atoms with E-state index in [9.17, 15) is 14.9 Å². The number of rotatable bonds is 0. The molecule has 0 radical (unpaired) electrons. The molecule has 1 amide bonds. The summed E-state index contributed by atoms with van der Waals surface area (Å²) in [6, 6.07) is 7.25. The Morgan fingerprint density at radius 1 is 1.33 bits per heavy atom. The molecule has 0 saturated heterocycles. The summed E-state index contributed by atoms with van der Waals surface area (Å²) in [5.74, 6) is -0.339. The number of amides is 1. The van der Waals surface area contributed by atoms with Crippen molar-refractivity contribution >= 4 is 33.3 Å². The van der Waals surface area contributed by atoms with E-state index in [1.807, 2.05) is 6.07 Å². The van der Waals surface area contributed by atoms with Crippen molar-refractivity contribution in [1.29, 1.82) is 5.26 Å². The number of benzene rings is 1. The summed E-state index contributed by atoms with van der Waals surface area (Å²) < 4.78 is 6.33. The molecule has 0 bridgehead atoms. The Labute approximate surface area is 146 Å². The third kappa shape index (κ3) is 1.69. The molecule has 24 heavy (non-hydrogen) atoms. The molecule has 1 aromatic rings. The largest absolute Gasteiger partial charge is 0.444 e. The lowest BCUT2D eigenvalue weighted by molar-refractivity contribution is -0.123. The van der Waals surface area contributed by atoms with E-state index >= 15 is 0 Å². The minimum Gasteiger partial charge on any atom is -0.444 e. The summed E-state index contributed by atoms with van der Waals surface area (Å²) >= 11 is 3.37. The topological polar surface area (TPSA) is 105 Å². The van der Waals surface area contributed by atoms with Crippen LogP contribution in [0.15, 0.2) is 45.5 Å². The van der Waals surface area contributed by atoms with Crippen molar-refractivity contribution in [2.24, 2.45) is 5.73 Å². The fourth-order valence-electron chi connectivity index (χ4n) is 3.75. The lowest BCUT2D eigenvalue weighted by atomic mass is 9.65. The van der Waals surface area contributed by atoms with Crippen LogP contribution in [0.25, 0.3) is 0 Å². The molecule has 7 heteroatoms. The van der Waals surface area contributed by atoms with Gasteiger partial charge in [-0.15, -0.1) is 0 Å². The van der Waals surface area contributed by atoms with Gasteiger partial charge in [0.25, 0.3) is 0 Å². The Morgan fingerprint density at radius 3 is 2.88 bits per heavy atom. The summed E-state index contributed by atoms with van der Waals surface area (Å²) in [5.41, 5.74) is 5.76. The lowest BCUT2D eigenvalue weighted by Gasteiger charge is -2.36. The Morgan fingerprint density at radius 2 is 2.12 bits per heavy atom. The van der Waals surface area contributed by atoms with E-state index in [2.05, 4.69) is 21.2 Å². The molecule has 6 nitrogen and oxygen atoms in total. The van der Waals surface area contributed by atoms with E-state index in [1.165, 1.54) is 0 Å². The number of nitrogens with zero attached hydrogens (tertiary/aromatic N) is 1. The van der Waals surface area contributed by atoms with Gasteiger partial charge in [-0.05, 0) is 18.6 Å². The molecule has 120 valence electrons. The van der Waals surface area contributed by atoms with Gasteiger partial charge in [-0.25, -0.2) is 0 Å². The number of carbonyl (C=O) groups excluding carboxylic acids is 2. The predicted molar refractivity (Wildman–Crippen MR) is 88.2 cm³/mol. The van der Waals surface area contributed by atoms with Gasteiger partial charge in [0.05, 0.1) is 5.57 Å². The molecule has 2 heterocycles. The molecule has 1 atom stereocenters. The predicted octanol–water partition coefficient (Wildman–Crippen LogP) is 2.37. The molecule has 1 aliphatic carbocycles. The number of hydrogen-bond donors (Lipinski definition) is 2. The number of hydrogen-bond acceptors (Lipinski definition) is 5. The molecule has 1 unspecified atom stereocenters. The molecule has 3 aliphatic rings. The summed E-state index contributed by atoms with van der Waals surface area (Å²) in [6.45, 7) is 0. The fourth-order valence-corrected chi connectivity index (χ4v) is 4.11. The number of anilines is 1. The first-order chi connectivity index (χ1) is 11.5. The van der Waals surface area contributed by atoms with Gasteiger partial charge in [0.2, 0.25) is 11.8 Å². The van der Waals surface area contributed by atoms with Gasteiger partial charge in [-0.2, -0.15) is 5.26 Å². The van der Waals surface area contributed by atoms with Crippen LogP contribution in [-0.2, 0) is 19.7 Å². The molecule has 3 N–H and O–H groups in total. The third-order valence-electron chi connectivity index (χ3n) is 4.68. The molecule has 4 rings (SSSR count). The number of ether oxygens (including phenoxy) is 1. The molecule has 1 aromatic carbocycles. The monoisotopic (exact) mass is 385 g/mol. The SMILES string of the molecule is N#CC1=C(N)OC2=C(C(=O)CCC2)C12C(=O)Nc1cc(Br)ccc12. The first-order valence-electron chi connectivity index (χ1n) is 7.46. The Balaban J connectivity index is 2.11. The number of nitrogens with two attached hydrogens (primary N) is 1. The number of allylic oxidation sites excluding steroid dienone is 1. The maximum Gasteiger partial charge on any atom is 0.245 e. The van der Waals surface area contributed by atoms with Crippen LogP contribution in [-0.4, -0.2) is 11.7 Å². The van der Waals surface area contributed by atoms with Gasteiger partial charge in [0, 0.05) is 28.6 Å². The summed E-state index contributed by atoms with van der Waals surface area (Å²) in [6.07, 6.45) is 1.47. The summed E-state index contributed by atoms with van der Waals surface area (Å²) in [7, 11) is 0. The maximum atomic E-state index is 13.0. The van der Waals surface area contributed by atoms with E-state index in [1.54, 1.807) is 18.2 Å². The zero-order valence-corrected chi connectivity index (χ0v) is 14.1. The van der Waals surface area contributed by atoms with Crippen molar-refractivity contribution < 1.29 is 14.3 Å².